The van der Waals surface area contributed by atoms with E-state index >= 15 is 0 Å². The molecule has 0 N–H and O–H groups in total. The summed E-state index contributed by atoms with van der Waals surface area (Å²) in [5.41, 5.74) is 6.03. The zero-order valence-electron chi connectivity index (χ0n) is 9.88. The fraction of sp³-hybridized carbons (Fsp3) is 0.250. The van der Waals surface area contributed by atoms with Crippen molar-refractivity contribution in [3.63, 3.8) is 0 Å². The lowest BCUT2D eigenvalue weighted by Crippen LogP contribution is -1.80. The van der Waals surface area contributed by atoms with Crippen LogP contribution in [0.3, 0.4) is 0 Å². The van der Waals surface area contributed by atoms with Crippen molar-refractivity contribution >= 4 is 21.9 Å². The quantitative estimate of drug-likeness (QED) is 0.659. The van der Waals surface area contributed by atoms with Crippen LogP contribution in [0.1, 0.15) is 37.8 Å². The minimum atomic E-state index is 1.14. The average Bonchev–Trinajstić information content (AvgIpc) is 2.65. The van der Waals surface area contributed by atoms with E-state index < -0.39 is 0 Å². The van der Waals surface area contributed by atoms with Gasteiger partial charge in [-0.25, -0.2) is 0 Å². The molecular weight excluding hydrogens is 192 g/mol. The summed E-state index contributed by atoms with van der Waals surface area (Å²) in [5.74, 6) is 0. The molecule has 0 nitrogen and oxygen atoms in total. The molecule has 0 bridgehead atoms. The summed E-state index contributed by atoms with van der Waals surface area (Å²) in [4.78, 5) is 0. The van der Waals surface area contributed by atoms with Crippen molar-refractivity contribution in [3.8, 4) is 0 Å². The Morgan fingerprint density at radius 2 is 1.25 bits per heavy atom. The van der Waals surface area contributed by atoms with Crippen LogP contribution in [0.25, 0.3) is 21.9 Å². The normalized spacial score (nSPS) is 13.9. The molecule has 1 aliphatic rings. The van der Waals surface area contributed by atoms with E-state index in [1.54, 1.807) is 11.1 Å². The first-order valence-electron chi connectivity index (χ1n) is 6.11. The van der Waals surface area contributed by atoms with E-state index in [2.05, 4.69) is 50.2 Å². The van der Waals surface area contributed by atoms with Crippen LogP contribution in [-0.2, 0) is 0 Å². The van der Waals surface area contributed by atoms with E-state index in [1.165, 1.54) is 21.9 Å². The molecule has 0 heterocycles. The smallest absolute Gasteiger partial charge is 0.00331 e. The molecule has 2 aromatic carbocycles. The summed E-state index contributed by atoms with van der Waals surface area (Å²) in [7, 11) is 0. The Morgan fingerprint density at radius 3 is 1.69 bits per heavy atom. The summed E-state index contributed by atoms with van der Waals surface area (Å²) in [6.45, 7) is 4.52. The van der Waals surface area contributed by atoms with Gasteiger partial charge in [0.2, 0.25) is 0 Å². The predicted molar refractivity (Wildman–Crippen MR) is 71.3 cm³/mol. The van der Waals surface area contributed by atoms with Crippen LogP contribution in [0.2, 0.25) is 0 Å². The lowest BCUT2D eigenvalue weighted by Gasteiger charge is -2.03. The number of hydrogen-bond acceptors (Lipinski definition) is 0. The molecular formula is C16H16. The second-order valence-electron chi connectivity index (χ2n) is 4.37. The molecule has 0 radical (unpaired) electrons. The second kappa shape index (κ2) is 3.48. The van der Waals surface area contributed by atoms with Gasteiger partial charge >= 0.3 is 0 Å². The standard InChI is InChI=1S/C16H16/c1-3-12-13(4-2)15-10-6-8-11-7-5-9-14(12)16(11)15/h5-10H,3-4H2,1-2H3. The van der Waals surface area contributed by atoms with Crippen LogP contribution < -0.4 is 0 Å². The number of allylic oxidation sites excluding steroid dienone is 2. The summed E-state index contributed by atoms with van der Waals surface area (Å²) in [5, 5.41) is 2.85. The number of benzene rings is 2. The third-order valence-corrected chi connectivity index (χ3v) is 3.63. The molecule has 0 heteroatoms. The third-order valence-electron chi connectivity index (χ3n) is 3.63. The SMILES string of the molecule is CCC1=C(CC)c2cccc3cccc1c23. The van der Waals surface area contributed by atoms with Gasteiger partial charge in [-0.15, -0.1) is 0 Å². The summed E-state index contributed by atoms with van der Waals surface area (Å²) >= 11 is 0. The monoisotopic (exact) mass is 208 g/mol. The topological polar surface area (TPSA) is 0 Å². The van der Waals surface area contributed by atoms with E-state index in [4.69, 9.17) is 0 Å². The Bertz CT molecular complexity index is 539. The molecule has 0 atom stereocenters. The van der Waals surface area contributed by atoms with Crippen molar-refractivity contribution < 1.29 is 0 Å². The highest BCUT2D eigenvalue weighted by atomic mass is 14.2. The van der Waals surface area contributed by atoms with Gasteiger partial charge in [0.1, 0.15) is 0 Å². The van der Waals surface area contributed by atoms with Gasteiger partial charge in [0.05, 0.1) is 0 Å². The van der Waals surface area contributed by atoms with E-state index in [1.807, 2.05) is 0 Å². The van der Waals surface area contributed by atoms with Crippen molar-refractivity contribution in [3.05, 3.63) is 47.5 Å². The molecule has 0 unspecified atom stereocenters. The maximum atomic E-state index is 2.27. The van der Waals surface area contributed by atoms with Crippen LogP contribution in [0, 0.1) is 0 Å². The maximum absolute atomic E-state index is 2.27. The first-order valence-corrected chi connectivity index (χ1v) is 6.11. The molecule has 0 spiro atoms. The van der Waals surface area contributed by atoms with Gasteiger partial charge in [-0.3, -0.25) is 0 Å². The minimum Gasteiger partial charge on any atom is -0.0613 e. The van der Waals surface area contributed by atoms with E-state index in [0.717, 1.165) is 12.8 Å². The van der Waals surface area contributed by atoms with Crippen LogP contribution in [-0.4, -0.2) is 0 Å². The zero-order chi connectivity index (χ0) is 11.1. The Balaban J connectivity index is 2.45. The first kappa shape index (κ1) is 9.65. The van der Waals surface area contributed by atoms with Crippen molar-refractivity contribution in [2.75, 3.05) is 0 Å². The van der Waals surface area contributed by atoms with Gasteiger partial charge < -0.3 is 0 Å². The zero-order valence-corrected chi connectivity index (χ0v) is 9.88. The highest BCUT2D eigenvalue weighted by Crippen LogP contribution is 2.44. The van der Waals surface area contributed by atoms with Gasteiger partial charge in [-0.1, -0.05) is 50.2 Å². The Hall–Kier alpha value is -1.56. The predicted octanol–water partition coefficient (Wildman–Crippen LogP) is 4.88. The minimum absolute atomic E-state index is 1.14. The van der Waals surface area contributed by atoms with Crippen molar-refractivity contribution in [1.82, 2.24) is 0 Å². The molecule has 3 rings (SSSR count). The summed E-state index contributed by atoms with van der Waals surface area (Å²) < 4.78 is 0. The van der Waals surface area contributed by atoms with Crippen molar-refractivity contribution in [2.24, 2.45) is 0 Å². The van der Waals surface area contributed by atoms with Gasteiger partial charge in [0.15, 0.2) is 0 Å². The van der Waals surface area contributed by atoms with Crippen molar-refractivity contribution in [2.45, 2.75) is 26.7 Å². The molecule has 0 fully saturated rings. The third kappa shape index (κ3) is 1.10. The molecule has 0 saturated heterocycles. The maximum Gasteiger partial charge on any atom is -0.00331 e. The van der Waals surface area contributed by atoms with E-state index in [-0.39, 0.29) is 0 Å². The Labute approximate surface area is 96.6 Å². The fourth-order valence-electron chi connectivity index (χ4n) is 2.98. The first-order chi connectivity index (χ1) is 7.86. The molecule has 0 saturated carbocycles. The second-order valence-corrected chi connectivity index (χ2v) is 4.37. The molecule has 0 aromatic heterocycles. The number of rotatable bonds is 2. The van der Waals surface area contributed by atoms with E-state index in [9.17, 15) is 0 Å². The highest BCUT2D eigenvalue weighted by Gasteiger charge is 2.20. The van der Waals surface area contributed by atoms with Crippen LogP contribution in [0.4, 0.5) is 0 Å². The molecule has 1 aliphatic carbocycles. The van der Waals surface area contributed by atoms with Gasteiger partial charge in [0.25, 0.3) is 0 Å². The number of hydrogen-bond donors (Lipinski definition) is 0. The molecule has 80 valence electrons. The van der Waals surface area contributed by atoms with Gasteiger partial charge in [-0.05, 0) is 45.9 Å². The van der Waals surface area contributed by atoms with Crippen LogP contribution >= 0.6 is 0 Å². The lowest BCUT2D eigenvalue weighted by molar-refractivity contribution is 1.20. The van der Waals surface area contributed by atoms with Gasteiger partial charge in [-0.2, -0.15) is 0 Å². The van der Waals surface area contributed by atoms with Crippen molar-refractivity contribution in [1.29, 1.82) is 0 Å². The fourth-order valence-corrected chi connectivity index (χ4v) is 2.98. The van der Waals surface area contributed by atoms with Crippen LogP contribution in [0.5, 0.6) is 0 Å². The Kier molecular flexibility index (Phi) is 2.10. The average molecular weight is 208 g/mol. The van der Waals surface area contributed by atoms with Crippen LogP contribution in [0.15, 0.2) is 36.4 Å². The summed E-state index contributed by atoms with van der Waals surface area (Å²) in [6.07, 6.45) is 2.27. The molecule has 0 aliphatic heterocycles. The lowest BCUT2D eigenvalue weighted by atomic mass is 10.0. The largest absolute Gasteiger partial charge is 0.0613 e. The van der Waals surface area contributed by atoms with E-state index in [0.29, 0.717) is 0 Å². The molecule has 0 amide bonds. The van der Waals surface area contributed by atoms with Gasteiger partial charge in [0, 0.05) is 0 Å². The molecule has 16 heavy (non-hydrogen) atoms. The highest BCUT2D eigenvalue weighted by molar-refractivity contribution is 6.13. The Morgan fingerprint density at radius 1 is 0.750 bits per heavy atom. The summed E-state index contributed by atoms with van der Waals surface area (Å²) in [6, 6.07) is 13.3. The molecule has 2 aromatic rings.